The fraction of sp³-hybridized carbons (Fsp3) is 0.385. The van der Waals surface area contributed by atoms with Gasteiger partial charge in [-0.2, -0.15) is 0 Å². The van der Waals surface area contributed by atoms with Gasteiger partial charge >= 0.3 is 5.97 Å². The number of aryl methyl sites for hydroxylation is 1. The number of benzene rings is 1. The van der Waals surface area contributed by atoms with Gasteiger partial charge in [-0.25, -0.2) is 4.79 Å². The van der Waals surface area contributed by atoms with Crippen molar-refractivity contribution in [2.75, 3.05) is 20.3 Å². The number of carboxylic acids is 1. The first kappa shape index (κ1) is 15.8. The van der Waals surface area contributed by atoms with Gasteiger partial charge in [0.2, 0.25) is 0 Å². The summed E-state index contributed by atoms with van der Waals surface area (Å²) in [5, 5.41) is 19.7. The number of hydrogen-bond donors (Lipinski definition) is 3. The average Bonchev–Trinajstić information content (AvgIpc) is 2.42. The van der Waals surface area contributed by atoms with Gasteiger partial charge in [-0.3, -0.25) is 4.79 Å². The number of aliphatic hydroxyl groups is 1. The predicted molar refractivity (Wildman–Crippen MR) is 69.9 cm³/mol. The van der Waals surface area contributed by atoms with Crippen molar-refractivity contribution in [3.05, 3.63) is 23.8 Å². The van der Waals surface area contributed by atoms with Crippen molar-refractivity contribution >= 4 is 11.9 Å². The Bertz CT molecular complexity index is 488. The van der Waals surface area contributed by atoms with Crippen LogP contribution in [0.2, 0.25) is 0 Å². The Labute approximate surface area is 116 Å². The summed E-state index contributed by atoms with van der Waals surface area (Å²) in [6.07, 6.45) is -1.63. The standard InChI is InChI=1S/C13H17NO6/c1-8-3-4-10(11(5-8)19-2)20-7-12(16)14-6-9(15)13(17)18/h3-5,9,15H,6-7H2,1-2H3,(H,14,16)(H,17,18)/t9-/m0/s1. The van der Waals surface area contributed by atoms with Gasteiger partial charge in [-0.05, 0) is 24.6 Å². The maximum absolute atomic E-state index is 11.4. The fourth-order valence-corrected chi connectivity index (χ4v) is 1.39. The van der Waals surface area contributed by atoms with Crippen molar-refractivity contribution in [3.8, 4) is 11.5 Å². The Kier molecular flexibility index (Phi) is 5.79. The normalized spacial score (nSPS) is 11.6. The van der Waals surface area contributed by atoms with Crippen LogP contribution in [0, 0.1) is 6.92 Å². The monoisotopic (exact) mass is 283 g/mol. The lowest BCUT2D eigenvalue weighted by molar-refractivity contribution is -0.146. The van der Waals surface area contributed by atoms with Gasteiger partial charge in [0.25, 0.3) is 5.91 Å². The molecule has 7 nitrogen and oxygen atoms in total. The van der Waals surface area contributed by atoms with Crippen molar-refractivity contribution < 1.29 is 29.3 Å². The van der Waals surface area contributed by atoms with Crippen LogP contribution in [0.4, 0.5) is 0 Å². The lowest BCUT2D eigenvalue weighted by Crippen LogP contribution is -2.38. The van der Waals surface area contributed by atoms with Gasteiger partial charge in [-0.1, -0.05) is 6.07 Å². The van der Waals surface area contributed by atoms with Crippen LogP contribution in [0.1, 0.15) is 5.56 Å². The van der Waals surface area contributed by atoms with Gasteiger partial charge in [0.15, 0.2) is 24.2 Å². The zero-order valence-electron chi connectivity index (χ0n) is 11.3. The molecule has 1 atom stereocenters. The molecular weight excluding hydrogens is 266 g/mol. The maximum Gasteiger partial charge on any atom is 0.334 e. The molecule has 0 aromatic heterocycles. The number of hydrogen-bond acceptors (Lipinski definition) is 5. The molecule has 0 heterocycles. The second-order valence-corrected chi connectivity index (χ2v) is 4.10. The Morgan fingerprint density at radius 1 is 1.35 bits per heavy atom. The van der Waals surface area contributed by atoms with Crippen molar-refractivity contribution in [1.29, 1.82) is 0 Å². The molecule has 1 rings (SSSR count). The molecule has 0 aliphatic carbocycles. The fourth-order valence-electron chi connectivity index (χ4n) is 1.39. The lowest BCUT2D eigenvalue weighted by atomic mass is 10.2. The minimum atomic E-state index is -1.63. The van der Waals surface area contributed by atoms with E-state index < -0.39 is 18.0 Å². The molecule has 1 aromatic carbocycles. The van der Waals surface area contributed by atoms with E-state index in [0.717, 1.165) is 5.56 Å². The zero-order chi connectivity index (χ0) is 15.1. The van der Waals surface area contributed by atoms with E-state index in [9.17, 15) is 9.59 Å². The molecule has 7 heteroatoms. The van der Waals surface area contributed by atoms with E-state index in [2.05, 4.69) is 5.32 Å². The van der Waals surface area contributed by atoms with E-state index in [-0.39, 0.29) is 13.2 Å². The van der Waals surface area contributed by atoms with Crippen molar-refractivity contribution in [3.63, 3.8) is 0 Å². The van der Waals surface area contributed by atoms with Gasteiger partial charge in [0, 0.05) is 0 Å². The summed E-state index contributed by atoms with van der Waals surface area (Å²) in [5.74, 6) is -1.02. The Hall–Kier alpha value is -2.28. The summed E-state index contributed by atoms with van der Waals surface area (Å²) in [7, 11) is 1.49. The third kappa shape index (κ3) is 4.77. The third-order valence-corrected chi connectivity index (χ3v) is 2.46. The highest BCUT2D eigenvalue weighted by molar-refractivity contribution is 5.79. The topological polar surface area (TPSA) is 105 Å². The second-order valence-electron chi connectivity index (χ2n) is 4.10. The molecule has 1 amide bonds. The van der Waals surface area contributed by atoms with Crippen molar-refractivity contribution in [2.24, 2.45) is 0 Å². The maximum atomic E-state index is 11.4. The molecule has 0 unspecified atom stereocenters. The molecule has 0 aliphatic rings. The Morgan fingerprint density at radius 3 is 2.65 bits per heavy atom. The van der Waals surface area contributed by atoms with E-state index in [1.807, 2.05) is 13.0 Å². The molecule has 0 bridgehead atoms. The second kappa shape index (κ2) is 7.34. The number of aliphatic carboxylic acids is 1. The number of ether oxygens (including phenoxy) is 2. The SMILES string of the molecule is COc1cc(C)ccc1OCC(=O)NC[C@H](O)C(=O)O. The average molecular weight is 283 g/mol. The van der Waals surface area contributed by atoms with E-state index in [4.69, 9.17) is 19.7 Å². The summed E-state index contributed by atoms with van der Waals surface area (Å²) in [6, 6.07) is 5.25. The van der Waals surface area contributed by atoms with Crippen molar-refractivity contribution in [2.45, 2.75) is 13.0 Å². The number of rotatable bonds is 7. The first-order valence-electron chi connectivity index (χ1n) is 5.89. The summed E-state index contributed by atoms with van der Waals surface area (Å²) in [6.45, 7) is 1.22. The first-order valence-corrected chi connectivity index (χ1v) is 5.89. The van der Waals surface area contributed by atoms with Gasteiger partial charge in [-0.15, -0.1) is 0 Å². The Balaban J connectivity index is 2.47. The van der Waals surface area contributed by atoms with Gasteiger partial charge < -0.3 is 25.0 Å². The van der Waals surface area contributed by atoms with Gasteiger partial charge in [0.05, 0.1) is 13.7 Å². The number of carbonyl (C=O) groups excluding carboxylic acids is 1. The number of amides is 1. The quantitative estimate of drug-likeness (QED) is 0.647. The van der Waals surface area contributed by atoms with Crippen LogP contribution in [0.25, 0.3) is 0 Å². The van der Waals surface area contributed by atoms with Crippen LogP contribution in [0.5, 0.6) is 11.5 Å². The highest BCUT2D eigenvalue weighted by atomic mass is 16.5. The molecular formula is C13H17NO6. The molecule has 0 saturated carbocycles. The highest BCUT2D eigenvalue weighted by Gasteiger charge is 2.14. The predicted octanol–water partition coefficient (Wildman–Crippen LogP) is -0.0559. The van der Waals surface area contributed by atoms with Crippen LogP contribution in [-0.2, 0) is 9.59 Å². The number of carboxylic acid groups (broad SMARTS) is 1. The molecule has 1 aromatic rings. The van der Waals surface area contributed by atoms with E-state index in [0.29, 0.717) is 11.5 Å². The lowest BCUT2D eigenvalue weighted by Gasteiger charge is -2.12. The van der Waals surface area contributed by atoms with Gasteiger partial charge in [0.1, 0.15) is 0 Å². The number of nitrogens with one attached hydrogen (secondary N) is 1. The van der Waals surface area contributed by atoms with Crippen molar-refractivity contribution in [1.82, 2.24) is 5.32 Å². The molecule has 0 aliphatic heterocycles. The molecule has 0 saturated heterocycles. The number of methoxy groups -OCH3 is 1. The Morgan fingerprint density at radius 2 is 2.05 bits per heavy atom. The van der Waals surface area contributed by atoms with Crippen LogP contribution >= 0.6 is 0 Å². The number of carbonyl (C=O) groups is 2. The molecule has 0 radical (unpaired) electrons. The smallest absolute Gasteiger partial charge is 0.334 e. The van der Waals surface area contributed by atoms with E-state index in [1.165, 1.54) is 7.11 Å². The summed E-state index contributed by atoms with van der Waals surface area (Å²) >= 11 is 0. The molecule has 0 spiro atoms. The summed E-state index contributed by atoms with van der Waals surface area (Å²) in [5.41, 5.74) is 0.989. The van der Waals surface area contributed by atoms with Crippen LogP contribution < -0.4 is 14.8 Å². The minimum absolute atomic E-state index is 0.300. The van der Waals surface area contributed by atoms with E-state index in [1.54, 1.807) is 12.1 Å². The molecule has 20 heavy (non-hydrogen) atoms. The largest absolute Gasteiger partial charge is 0.493 e. The third-order valence-electron chi connectivity index (χ3n) is 2.46. The van der Waals surface area contributed by atoms with Crippen LogP contribution in [-0.4, -0.2) is 48.5 Å². The summed E-state index contributed by atoms with van der Waals surface area (Å²) in [4.78, 5) is 21.8. The molecule has 110 valence electrons. The van der Waals surface area contributed by atoms with Crippen LogP contribution in [0.15, 0.2) is 18.2 Å². The minimum Gasteiger partial charge on any atom is -0.493 e. The zero-order valence-corrected chi connectivity index (χ0v) is 11.3. The first-order chi connectivity index (χ1) is 9.43. The van der Waals surface area contributed by atoms with Crippen LogP contribution in [0.3, 0.4) is 0 Å². The molecule has 0 fully saturated rings. The van der Waals surface area contributed by atoms with E-state index >= 15 is 0 Å². The summed E-state index contributed by atoms with van der Waals surface area (Å²) < 4.78 is 10.4. The molecule has 3 N–H and O–H groups in total. The highest BCUT2D eigenvalue weighted by Crippen LogP contribution is 2.27. The number of aliphatic hydroxyl groups excluding tert-OH is 1.